The Morgan fingerprint density at radius 1 is 1.05 bits per heavy atom. The van der Waals surface area contributed by atoms with Crippen LogP contribution in [0.4, 0.5) is 0 Å². The molecule has 0 radical (unpaired) electrons. The largest absolute Gasteiger partial charge is 0.465 e. The Morgan fingerprint density at radius 2 is 1.47 bits per heavy atom. The second-order valence-electron chi connectivity index (χ2n) is 2.36. The second kappa shape index (κ2) is 26.0. The normalized spacial score (nSPS) is 6.89. The number of rotatable bonds is 3. The molecule has 1 aromatic rings. The molecule has 0 heterocycles. The minimum atomic E-state index is -0.278. The van der Waals surface area contributed by atoms with Crippen molar-refractivity contribution in [2.24, 2.45) is 0 Å². The number of carbonyl (C=O) groups is 1. The number of hydrogen-bond acceptors (Lipinski definition) is 5. The van der Waals surface area contributed by atoms with Gasteiger partial charge in [-0.15, -0.1) is 6.42 Å². The van der Waals surface area contributed by atoms with Crippen LogP contribution < -0.4 is 0 Å². The van der Waals surface area contributed by atoms with Gasteiger partial charge in [0.2, 0.25) is 0 Å². The molecule has 0 aliphatic rings. The van der Waals surface area contributed by atoms with Crippen LogP contribution in [0, 0.1) is 6.92 Å². The summed E-state index contributed by atoms with van der Waals surface area (Å²) in [7, 11) is 3.00. The van der Waals surface area contributed by atoms with Crippen LogP contribution in [-0.2, 0) is 26.5 Å². The van der Waals surface area contributed by atoms with E-state index >= 15 is 0 Å². The van der Waals surface area contributed by atoms with Crippen molar-refractivity contribution in [1.82, 2.24) is 0 Å². The monoisotopic (exact) mass is 307 g/mol. The van der Waals surface area contributed by atoms with Gasteiger partial charge < -0.3 is 27.0 Å². The maximum atomic E-state index is 11.2. The van der Waals surface area contributed by atoms with Gasteiger partial charge in [0, 0.05) is 43.0 Å². The van der Waals surface area contributed by atoms with Crippen LogP contribution >= 0.6 is 0 Å². The molecule has 6 heteroatoms. The van der Waals surface area contributed by atoms with Gasteiger partial charge >= 0.3 is 5.97 Å². The third-order valence-electron chi connectivity index (χ3n) is 1.39. The Balaban J connectivity index is -0.000000142. The zero-order chi connectivity index (χ0) is 14.8. The Labute approximate surface area is 130 Å². The molecular formula is C13H23O5Ti-. The van der Waals surface area contributed by atoms with Crippen molar-refractivity contribution in [3.8, 4) is 0 Å². The first-order chi connectivity index (χ1) is 8.84. The van der Waals surface area contributed by atoms with E-state index in [-0.39, 0.29) is 27.7 Å². The van der Waals surface area contributed by atoms with Gasteiger partial charge in [0.25, 0.3) is 0 Å². The summed E-state index contributed by atoms with van der Waals surface area (Å²) in [6, 6.07) is 8.93. The Bertz CT molecular complexity index is 254. The number of benzene rings is 1. The van der Waals surface area contributed by atoms with E-state index in [1.54, 1.807) is 24.3 Å². The van der Waals surface area contributed by atoms with Crippen molar-refractivity contribution in [3.05, 3.63) is 42.8 Å². The summed E-state index contributed by atoms with van der Waals surface area (Å²) >= 11 is 0. The predicted octanol–water partition coefficient (Wildman–Crippen LogP) is 0.891. The van der Waals surface area contributed by atoms with Crippen molar-refractivity contribution in [2.75, 3.05) is 27.9 Å². The molecule has 5 nitrogen and oxygen atoms in total. The van der Waals surface area contributed by atoms with Gasteiger partial charge in [-0.25, -0.2) is 4.79 Å². The molecule has 19 heavy (non-hydrogen) atoms. The zero-order valence-corrected chi connectivity index (χ0v) is 13.2. The van der Waals surface area contributed by atoms with Crippen molar-refractivity contribution in [2.45, 2.75) is 6.42 Å². The minimum absolute atomic E-state index is 0. The average molecular weight is 307 g/mol. The third kappa shape index (κ3) is 17.3. The fourth-order valence-electron chi connectivity index (χ4n) is 0.822. The van der Waals surface area contributed by atoms with E-state index in [1.807, 2.05) is 6.07 Å². The standard InChI is InChI=1S/C10H11O2.3CH4O.Ti/c1-2-8-12-10(11)9-6-4-3-5-7-9;3*1-2;/h3-7H,1-2,8H2;3*2H,1H3;/q-1;;;;. The number of aliphatic hydroxyl groups is 3. The van der Waals surface area contributed by atoms with Crippen molar-refractivity contribution in [1.29, 1.82) is 0 Å². The Kier molecular flexibility index (Phi) is 36.6. The van der Waals surface area contributed by atoms with Gasteiger partial charge in [0.05, 0.1) is 12.2 Å². The van der Waals surface area contributed by atoms with E-state index in [0.717, 1.165) is 21.3 Å². The quantitative estimate of drug-likeness (QED) is 0.438. The van der Waals surface area contributed by atoms with Crippen LogP contribution in [0.5, 0.6) is 0 Å². The molecule has 0 bridgehead atoms. The first-order valence-corrected chi connectivity index (χ1v) is 5.20. The maximum Gasteiger partial charge on any atom is 0.338 e. The average Bonchev–Trinajstić information content (AvgIpc) is 2.51. The van der Waals surface area contributed by atoms with Gasteiger partial charge in [-0.05, 0) is 12.1 Å². The molecule has 3 N–H and O–H groups in total. The maximum absolute atomic E-state index is 11.2. The molecule has 0 atom stereocenters. The molecule has 0 unspecified atom stereocenters. The minimum Gasteiger partial charge on any atom is -0.465 e. The first kappa shape index (κ1) is 26.8. The summed E-state index contributed by atoms with van der Waals surface area (Å²) in [5.74, 6) is -0.278. The van der Waals surface area contributed by atoms with E-state index in [2.05, 4.69) is 6.92 Å². The number of carbonyl (C=O) groups excluding carboxylic acids is 1. The molecule has 0 saturated heterocycles. The number of esters is 1. The van der Waals surface area contributed by atoms with Gasteiger partial charge in [-0.1, -0.05) is 18.2 Å². The van der Waals surface area contributed by atoms with Crippen molar-refractivity contribution >= 4 is 5.97 Å². The molecule has 0 fully saturated rings. The predicted molar refractivity (Wildman–Crippen MR) is 71.1 cm³/mol. The van der Waals surface area contributed by atoms with Crippen LogP contribution in [0.3, 0.4) is 0 Å². The summed E-state index contributed by atoms with van der Waals surface area (Å²) in [6.07, 6.45) is 0.610. The topological polar surface area (TPSA) is 87.0 Å². The van der Waals surface area contributed by atoms with E-state index < -0.39 is 0 Å². The van der Waals surface area contributed by atoms with Crippen LogP contribution in [-0.4, -0.2) is 49.2 Å². The van der Waals surface area contributed by atoms with Crippen molar-refractivity contribution in [3.63, 3.8) is 0 Å². The molecule has 0 amide bonds. The van der Waals surface area contributed by atoms with E-state index in [1.165, 1.54) is 0 Å². The van der Waals surface area contributed by atoms with Crippen LogP contribution in [0.25, 0.3) is 0 Å². The molecular weight excluding hydrogens is 284 g/mol. The summed E-state index contributed by atoms with van der Waals surface area (Å²) in [4.78, 5) is 11.2. The molecule has 0 aromatic heterocycles. The van der Waals surface area contributed by atoms with E-state index in [0.29, 0.717) is 18.6 Å². The van der Waals surface area contributed by atoms with Gasteiger partial charge in [-0.2, -0.15) is 0 Å². The Hall–Kier alpha value is -0.716. The number of ether oxygens (including phenoxy) is 1. The molecule has 1 rings (SSSR count). The van der Waals surface area contributed by atoms with Gasteiger partial charge in [0.15, 0.2) is 0 Å². The van der Waals surface area contributed by atoms with Crippen LogP contribution in [0.1, 0.15) is 16.8 Å². The third-order valence-corrected chi connectivity index (χ3v) is 1.39. The summed E-state index contributed by atoms with van der Waals surface area (Å²) < 4.78 is 4.88. The van der Waals surface area contributed by atoms with E-state index in [9.17, 15) is 4.79 Å². The number of aliphatic hydroxyl groups excluding tert-OH is 3. The smallest absolute Gasteiger partial charge is 0.338 e. The second-order valence-corrected chi connectivity index (χ2v) is 2.36. The molecule has 0 aliphatic carbocycles. The van der Waals surface area contributed by atoms with Gasteiger partial charge in [0.1, 0.15) is 0 Å². The first-order valence-electron chi connectivity index (χ1n) is 5.20. The summed E-state index contributed by atoms with van der Waals surface area (Å²) in [6.45, 7) is 3.96. The van der Waals surface area contributed by atoms with Gasteiger partial charge in [-0.3, -0.25) is 0 Å². The summed E-state index contributed by atoms with van der Waals surface area (Å²) in [5.41, 5.74) is 0.589. The van der Waals surface area contributed by atoms with Crippen LogP contribution in [0.2, 0.25) is 0 Å². The molecule has 1 aromatic carbocycles. The summed E-state index contributed by atoms with van der Waals surface area (Å²) in [5, 5.41) is 21.0. The molecule has 0 aliphatic heterocycles. The van der Waals surface area contributed by atoms with E-state index in [4.69, 9.17) is 20.1 Å². The Morgan fingerprint density at radius 3 is 1.84 bits per heavy atom. The molecule has 0 saturated carbocycles. The molecule has 0 spiro atoms. The molecule has 110 valence electrons. The van der Waals surface area contributed by atoms with Crippen LogP contribution in [0.15, 0.2) is 30.3 Å². The SMILES string of the molecule is CO.CO.CO.[CH2-]CCOC(=O)c1ccccc1.[Ti]. The zero-order valence-electron chi connectivity index (χ0n) is 11.7. The number of hydrogen-bond donors (Lipinski definition) is 3. The fraction of sp³-hybridized carbons (Fsp3) is 0.385. The van der Waals surface area contributed by atoms with Crippen molar-refractivity contribution < 1.29 is 46.6 Å². The fourth-order valence-corrected chi connectivity index (χ4v) is 0.822.